The van der Waals surface area contributed by atoms with E-state index in [1.807, 2.05) is 0 Å². The van der Waals surface area contributed by atoms with Crippen LogP contribution in [0.4, 0.5) is 4.39 Å². The van der Waals surface area contributed by atoms with Crippen molar-refractivity contribution in [1.82, 2.24) is 0 Å². The minimum atomic E-state index is -3.65. The minimum Gasteiger partial charge on any atom is -0.390 e. The van der Waals surface area contributed by atoms with Gasteiger partial charge in [0.05, 0.1) is 36.6 Å². The van der Waals surface area contributed by atoms with Crippen molar-refractivity contribution in [3.8, 4) is 0 Å². The lowest BCUT2D eigenvalue weighted by atomic mass is 10.4. The summed E-state index contributed by atoms with van der Waals surface area (Å²) in [5, 5.41) is 9.58. The maximum absolute atomic E-state index is 12.7. The van der Waals surface area contributed by atoms with Crippen LogP contribution in [0.3, 0.4) is 0 Å². The van der Waals surface area contributed by atoms with Crippen LogP contribution in [0.5, 0.6) is 0 Å². The Hall–Kier alpha value is -1.02. The van der Waals surface area contributed by atoms with Crippen LogP contribution >= 0.6 is 0 Å². The number of ether oxygens (including phenoxy) is 2. The van der Waals surface area contributed by atoms with Crippen LogP contribution in [0.25, 0.3) is 0 Å². The number of aliphatic hydroxyl groups is 1. The third-order valence-corrected chi connectivity index (χ3v) is 4.14. The summed E-state index contributed by atoms with van der Waals surface area (Å²) >= 11 is 0. The number of sulfone groups is 1. The van der Waals surface area contributed by atoms with Gasteiger partial charge in [-0.2, -0.15) is 0 Å². The third kappa shape index (κ3) is 5.65. The van der Waals surface area contributed by atoms with Crippen molar-refractivity contribution in [3.63, 3.8) is 0 Å². The highest BCUT2D eigenvalue weighted by atomic mass is 32.2. The molecule has 0 aliphatic heterocycles. The molecular weight excluding hydrogens is 275 g/mol. The van der Waals surface area contributed by atoms with Crippen molar-refractivity contribution in [1.29, 1.82) is 0 Å². The quantitative estimate of drug-likeness (QED) is 0.562. The second-order valence-electron chi connectivity index (χ2n) is 3.96. The summed E-state index contributed by atoms with van der Waals surface area (Å²) in [5.74, 6) is -0.978. The van der Waals surface area contributed by atoms with Gasteiger partial charge in [0.25, 0.3) is 0 Å². The van der Waals surface area contributed by atoms with Gasteiger partial charge in [-0.25, -0.2) is 12.8 Å². The van der Waals surface area contributed by atoms with E-state index in [4.69, 9.17) is 9.47 Å². The van der Waals surface area contributed by atoms with Crippen molar-refractivity contribution in [2.24, 2.45) is 0 Å². The highest BCUT2D eigenvalue weighted by Gasteiger charge is 2.19. The molecule has 1 aromatic rings. The van der Waals surface area contributed by atoms with Crippen LogP contribution in [0.1, 0.15) is 0 Å². The van der Waals surface area contributed by atoms with Gasteiger partial charge in [0.1, 0.15) is 5.82 Å². The van der Waals surface area contributed by atoms with E-state index in [1.54, 1.807) is 0 Å². The summed E-state index contributed by atoms with van der Waals surface area (Å²) in [4.78, 5) is -0.0233. The molecule has 5 nitrogen and oxygen atoms in total. The summed E-state index contributed by atoms with van der Waals surface area (Å²) < 4.78 is 46.2. The third-order valence-electron chi connectivity index (χ3n) is 2.33. The lowest BCUT2D eigenvalue weighted by Gasteiger charge is -2.11. The lowest BCUT2D eigenvalue weighted by Crippen LogP contribution is -2.26. The average molecular weight is 292 g/mol. The maximum Gasteiger partial charge on any atom is 0.181 e. The van der Waals surface area contributed by atoms with Gasteiger partial charge in [0.2, 0.25) is 0 Å². The van der Waals surface area contributed by atoms with E-state index in [9.17, 15) is 17.9 Å². The van der Waals surface area contributed by atoms with Gasteiger partial charge < -0.3 is 14.6 Å². The molecule has 1 atom stereocenters. The van der Waals surface area contributed by atoms with Crippen molar-refractivity contribution in [3.05, 3.63) is 30.1 Å². The predicted octanol–water partition coefficient (Wildman–Crippen LogP) is 0.623. The molecule has 0 spiro atoms. The first-order valence-electron chi connectivity index (χ1n) is 5.69. The molecule has 1 N–H and O–H groups in total. The van der Waals surface area contributed by atoms with Gasteiger partial charge in [-0.15, -0.1) is 0 Å². The summed E-state index contributed by atoms with van der Waals surface area (Å²) in [6.07, 6.45) is -1.13. The van der Waals surface area contributed by atoms with E-state index in [-0.39, 0.29) is 18.1 Å². The van der Waals surface area contributed by atoms with Gasteiger partial charge in [0.15, 0.2) is 9.84 Å². The standard InChI is InChI=1S/C12H17FO5S/c1-17-6-7-18-8-11(14)9-19(15,16)12-4-2-10(13)3-5-12/h2-5,11,14H,6-9H2,1H3. The van der Waals surface area contributed by atoms with Crippen molar-refractivity contribution >= 4 is 9.84 Å². The molecule has 0 aromatic heterocycles. The first-order valence-corrected chi connectivity index (χ1v) is 7.34. The smallest absolute Gasteiger partial charge is 0.181 e. The number of methoxy groups -OCH3 is 1. The zero-order valence-corrected chi connectivity index (χ0v) is 11.4. The first-order chi connectivity index (χ1) is 8.95. The van der Waals surface area contributed by atoms with Gasteiger partial charge in [-0.05, 0) is 24.3 Å². The van der Waals surface area contributed by atoms with Gasteiger partial charge in [0, 0.05) is 7.11 Å². The molecule has 7 heteroatoms. The predicted molar refractivity (Wildman–Crippen MR) is 67.2 cm³/mol. The van der Waals surface area contributed by atoms with Gasteiger partial charge >= 0.3 is 0 Å². The number of hydrogen-bond acceptors (Lipinski definition) is 5. The number of benzene rings is 1. The molecule has 0 bridgehead atoms. The van der Waals surface area contributed by atoms with E-state index in [1.165, 1.54) is 19.2 Å². The fraction of sp³-hybridized carbons (Fsp3) is 0.500. The molecular formula is C12H17FO5S. The Morgan fingerprint density at radius 2 is 1.89 bits per heavy atom. The molecule has 0 aliphatic carbocycles. The molecule has 1 rings (SSSR count). The zero-order chi connectivity index (χ0) is 14.3. The molecule has 1 unspecified atom stereocenters. The highest BCUT2D eigenvalue weighted by Crippen LogP contribution is 2.13. The van der Waals surface area contributed by atoms with Crippen molar-refractivity contribution < 1.29 is 27.4 Å². The molecule has 0 saturated heterocycles. The van der Waals surface area contributed by atoms with Gasteiger partial charge in [-0.3, -0.25) is 0 Å². The Labute approximate surface area is 111 Å². The average Bonchev–Trinajstić information content (AvgIpc) is 2.34. The lowest BCUT2D eigenvalue weighted by molar-refractivity contribution is 0.0213. The zero-order valence-electron chi connectivity index (χ0n) is 10.6. The van der Waals surface area contributed by atoms with Crippen molar-refractivity contribution in [2.45, 2.75) is 11.0 Å². The molecule has 0 radical (unpaired) electrons. The Kier molecular flexibility index (Phi) is 6.36. The molecule has 0 amide bonds. The van der Waals surface area contributed by atoms with Gasteiger partial charge in [-0.1, -0.05) is 0 Å². The van der Waals surface area contributed by atoms with Crippen LogP contribution in [-0.4, -0.2) is 52.3 Å². The normalized spacial score (nSPS) is 13.4. The highest BCUT2D eigenvalue weighted by molar-refractivity contribution is 7.91. The summed E-state index contributed by atoms with van der Waals surface area (Å²) in [6.45, 7) is 0.561. The van der Waals surface area contributed by atoms with E-state index in [0.717, 1.165) is 12.1 Å². The molecule has 19 heavy (non-hydrogen) atoms. The number of aliphatic hydroxyl groups excluding tert-OH is 1. The molecule has 0 aliphatic rings. The molecule has 1 aromatic carbocycles. The number of halogens is 1. The second kappa shape index (κ2) is 7.54. The number of hydrogen-bond donors (Lipinski definition) is 1. The number of rotatable bonds is 8. The molecule has 0 heterocycles. The van der Waals surface area contributed by atoms with E-state index < -0.39 is 27.5 Å². The van der Waals surface area contributed by atoms with Crippen molar-refractivity contribution in [2.75, 3.05) is 32.7 Å². The van der Waals surface area contributed by atoms with Crippen LogP contribution in [0.15, 0.2) is 29.2 Å². The summed E-state index contributed by atoms with van der Waals surface area (Å²) in [6, 6.07) is 4.47. The van der Waals surface area contributed by atoms with E-state index >= 15 is 0 Å². The Balaban J connectivity index is 2.52. The first kappa shape index (κ1) is 16.0. The molecule has 108 valence electrons. The Morgan fingerprint density at radius 1 is 1.26 bits per heavy atom. The molecule has 0 saturated carbocycles. The van der Waals surface area contributed by atoms with Crippen LogP contribution in [-0.2, 0) is 19.3 Å². The monoisotopic (exact) mass is 292 g/mol. The van der Waals surface area contributed by atoms with E-state index in [2.05, 4.69) is 0 Å². The molecule has 0 fully saturated rings. The minimum absolute atomic E-state index is 0.0233. The fourth-order valence-electron chi connectivity index (χ4n) is 1.40. The fourth-order valence-corrected chi connectivity index (χ4v) is 2.75. The Bertz CT molecular complexity index is 471. The summed E-state index contributed by atoms with van der Waals surface area (Å²) in [7, 11) is -2.13. The Morgan fingerprint density at radius 3 is 2.47 bits per heavy atom. The van der Waals surface area contributed by atoms with Crippen LogP contribution < -0.4 is 0 Å². The summed E-state index contributed by atoms with van der Waals surface area (Å²) in [5.41, 5.74) is 0. The second-order valence-corrected chi connectivity index (χ2v) is 5.99. The van der Waals surface area contributed by atoms with Crippen LogP contribution in [0.2, 0.25) is 0 Å². The SMILES string of the molecule is COCCOCC(O)CS(=O)(=O)c1ccc(F)cc1. The topological polar surface area (TPSA) is 72.8 Å². The largest absolute Gasteiger partial charge is 0.390 e. The maximum atomic E-state index is 12.7. The van der Waals surface area contributed by atoms with E-state index in [0.29, 0.717) is 6.61 Å². The van der Waals surface area contributed by atoms with Crippen LogP contribution in [0, 0.1) is 5.82 Å².